The van der Waals surface area contributed by atoms with Crippen molar-refractivity contribution in [2.45, 2.75) is 16.8 Å². The number of alkyl halides is 3. The molecule has 0 unspecified atom stereocenters. The molecule has 7 heteroatoms. The van der Waals surface area contributed by atoms with Crippen LogP contribution in [0.4, 0.5) is 18.9 Å². The molecule has 1 aromatic carbocycles. The highest BCUT2D eigenvalue weighted by Gasteiger charge is 2.29. The quantitative estimate of drug-likeness (QED) is 0.724. The molecule has 0 fully saturated rings. The third-order valence-electron chi connectivity index (χ3n) is 2.65. The van der Waals surface area contributed by atoms with Gasteiger partial charge in [0.25, 0.3) is 0 Å². The Morgan fingerprint density at radius 2 is 1.85 bits per heavy atom. The number of aliphatic hydroxyl groups is 1. The number of hydrogen-bond donors (Lipinski definition) is 2. The summed E-state index contributed by atoms with van der Waals surface area (Å²) >= 11 is -0.114. The molecule has 0 atom stereocenters. The topological polar surface area (TPSA) is 35.5 Å². The summed E-state index contributed by atoms with van der Waals surface area (Å²) < 4.78 is 36.8. The van der Waals surface area contributed by atoms with Gasteiger partial charge in [0.15, 0.2) is 0 Å². The van der Waals surface area contributed by atoms with Crippen molar-refractivity contribution in [2.75, 3.05) is 38.2 Å². The summed E-state index contributed by atoms with van der Waals surface area (Å²) in [5, 5.41) is 11.9. The van der Waals surface area contributed by atoms with E-state index in [0.717, 1.165) is 18.8 Å². The number of anilines is 1. The standard InChI is InChI=1S/C13H19F3N2OS/c1-17-7-9-18(8-2-10-19)11-3-5-12(6-4-11)20-13(14,15)16/h3-6,17,19H,2,7-10H2,1H3. The maximum absolute atomic E-state index is 12.3. The maximum Gasteiger partial charge on any atom is 0.446 e. The minimum Gasteiger partial charge on any atom is -0.396 e. The summed E-state index contributed by atoms with van der Waals surface area (Å²) in [5.74, 6) is 0. The van der Waals surface area contributed by atoms with Crippen LogP contribution in [-0.2, 0) is 0 Å². The van der Waals surface area contributed by atoms with Crippen LogP contribution in [0.25, 0.3) is 0 Å². The molecule has 2 N–H and O–H groups in total. The van der Waals surface area contributed by atoms with Crippen LogP contribution in [0.3, 0.4) is 0 Å². The number of nitrogens with zero attached hydrogens (tertiary/aromatic N) is 1. The molecule has 0 heterocycles. The average Bonchev–Trinajstić information content (AvgIpc) is 2.38. The number of benzene rings is 1. The van der Waals surface area contributed by atoms with Gasteiger partial charge in [-0.1, -0.05) is 0 Å². The summed E-state index contributed by atoms with van der Waals surface area (Å²) in [6, 6.07) is 6.31. The SMILES string of the molecule is CNCCN(CCCO)c1ccc(SC(F)(F)F)cc1. The Hall–Kier alpha value is -0.920. The lowest BCUT2D eigenvalue weighted by molar-refractivity contribution is -0.0328. The fourth-order valence-corrected chi connectivity index (χ4v) is 2.28. The Morgan fingerprint density at radius 3 is 2.35 bits per heavy atom. The molecule has 0 radical (unpaired) electrons. The number of thioether (sulfide) groups is 1. The van der Waals surface area contributed by atoms with E-state index >= 15 is 0 Å². The van der Waals surface area contributed by atoms with Gasteiger partial charge >= 0.3 is 5.51 Å². The Balaban J connectivity index is 2.70. The lowest BCUT2D eigenvalue weighted by Crippen LogP contribution is -2.32. The van der Waals surface area contributed by atoms with Gasteiger partial charge in [-0.2, -0.15) is 13.2 Å². The number of halogens is 3. The van der Waals surface area contributed by atoms with Crippen LogP contribution in [0.2, 0.25) is 0 Å². The van der Waals surface area contributed by atoms with Crippen molar-refractivity contribution >= 4 is 17.4 Å². The fraction of sp³-hybridized carbons (Fsp3) is 0.538. The summed E-state index contributed by atoms with van der Waals surface area (Å²) in [4.78, 5) is 2.21. The molecule has 0 aliphatic heterocycles. The first-order valence-electron chi connectivity index (χ1n) is 6.32. The molecule has 0 aromatic heterocycles. The summed E-state index contributed by atoms with van der Waals surface area (Å²) in [5.41, 5.74) is -3.40. The molecule has 1 rings (SSSR count). The van der Waals surface area contributed by atoms with Gasteiger partial charge in [-0.05, 0) is 49.5 Å². The molecular formula is C13H19F3N2OS. The van der Waals surface area contributed by atoms with Crippen LogP contribution in [0.15, 0.2) is 29.2 Å². The third-order valence-corrected chi connectivity index (χ3v) is 3.39. The molecule has 0 saturated heterocycles. The van der Waals surface area contributed by atoms with Crippen LogP contribution >= 0.6 is 11.8 Å². The Morgan fingerprint density at radius 1 is 1.20 bits per heavy atom. The molecule has 20 heavy (non-hydrogen) atoms. The van der Waals surface area contributed by atoms with Crippen LogP contribution < -0.4 is 10.2 Å². The van der Waals surface area contributed by atoms with E-state index in [-0.39, 0.29) is 23.3 Å². The summed E-state index contributed by atoms with van der Waals surface area (Å²) in [6.07, 6.45) is 0.628. The molecule has 0 bridgehead atoms. The van der Waals surface area contributed by atoms with Crippen LogP contribution in [0.1, 0.15) is 6.42 Å². The third kappa shape index (κ3) is 6.49. The Bertz CT molecular complexity index is 376. The fourth-order valence-electron chi connectivity index (χ4n) is 1.74. The monoisotopic (exact) mass is 308 g/mol. The average molecular weight is 308 g/mol. The van der Waals surface area contributed by atoms with Crippen LogP contribution in [0, 0.1) is 0 Å². The molecule has 0 spiro atoms. The van der Waals surface area contributed by atoms with Gasteiger partial charge in [0, 0.05) is 36.8 Å². The van der Waals surface area contributed by atoms with E-state index in [0.29, 0.717) is 13.0 Å². The van der Waals surface area contributed by atoms with Crippen LogP contribution in [-0.4, -0.2) is 43.9 Å². The number of hydrogen-bond acceptors (Lipinski definition) is 4. The van der Waals surface area contributed by atoms with Gasteiger partial charge in [-0.3, -0.25) is 0 Å². The zero-order chi connectivity index (χ0) is 15.0. The minimum atomic E-state index is -4.26. The van der Waals surface area contributed by atoms with Crippen molar-refractivity contribution in [3.05, 3.63) is 24.3 Å². The Kier molecular flexibility index (Phi) is 7.18. The molecule has 0 amide bonds. The minimum absolute atomic E-state index is 0.0953. The molecule has 0 saturated carbocycles. The second-order valence-corrected chi connectivity index (χ2v) is 5.35. The van der Waals surface area contributed by atoms with Gasteiger partial charge in [-0.25, -0.2) is 0 Å². The van der Waals surface area contributed by atoms with E-state index < -0.39 is 5.51 Å². The first kappa shape index (κ1) is 17.1. The molecular weight excluding hydrogens is 289 g/mol. The van der Waals surface area contributed by atoms with Gasteiger partial charge in [0.1, 0.15) is 0 Å². The first-order valence-corrected chi connectivity index (χ1v) is 7.14. The van der Waals surface area contributed by atoms with Gasteiger partial charge in [-0.15, -0.1) is 0 Å². The summed E-state index contributed by atoms with van der Waals surface area (Å²) in [6.45, 7) is 2.27. The van der Waals surface area contributed by atoms with E-state index in [1.54, 1.807) is 12.1 Å². The molecule has 3 nitrogen and oxygen atoms in total. The lowest BCUT2D eigenvalue weighted by Gasteiger charge is -2.24. The normalized spacial score (nSPS) is 11.7. The van der Waals surface area contributed by atoms with E-state index in [2.05, 4.69) is 5.32 Å². The number of nitrogens with one attached hydrogen (secondary N) is 1. The van der Waals surface area contributed by atoms with Crippen molar-refractivity contribution in [1.29, 1.82) is 0 Å². The van der Waals surface area contributed by atoms with Gasteiger partial charge in [0.05, 0.1) is 0 Å². The number of aliphatic hydroxyl groups excluding tert-OH is 1. The van der Waals surface area contributed by atoms with E-state index in [1.807, 2.05) is 11.9 Å². The second-order valence-electron chi connectivity index (χ2n) is 4.21. The van der Waals surface area contributed by atoms with Crippen molar-refractivity contribution in [1.82, 2.24) is 5.32 Å². The van der Waals surface area contributed by atoms with E-state index in [1.165, 1.54) is 12.1 Å². The first-order chi connectivity index (χ1) is 9.46. The zero-order valence-corrected chi connectivity index (χ0v) is 12.1. The number of rotatable bonds is 8. The largest absolute Gasteiger partial charge is 0.446 e. The highest BCUT2D eigenvalue weighted by molar-refractivity contribution is 8.00. The number of likely N-dealkylation sites (N-methyl/N-ethyl adjacent to an activating group) is 1. The molecule has 114 valence electrons. The van der Waals surface area contributed by atoms with Crippen molar-refractivity contribution in [2.24, 2.45) is 0 Å². The predicted molar refractivity (Wildman–Crippen MR) is 76.2 cm³/mol. The lowest BCUT2D eigenvalue weighted by atomic mass is 10.2. The van der Waals surface area contributed by atoms with Gasteiger partial charge in [0.2, 0.25) is 0 Å². The van der Waals surface area contributed by atoms with Gasteiger partial charge < -0.3 is 15.3 Å². The Labute approximate surface area is 121 Å². The highest BCUT2D eigenvalue weighted by atomic mass is 32.2. The van der Waals surface area contributed by atoms with E-state index in [4.69, 9.17) is 5.11 Å². The van der Waals surface area contributed by atoms with Crippen LogP contribution in [0.5, 0.6) is 0 Å². The second kappa shape index (κ2) is 8.39. The predicted octanol–water partition coefficient (Wildman–Crippen LogP) is 2.71. The smallest absolute Gasteiger partial charge is 0.396 e. The van der Waals surface area contributed by atoms with Crippen molar-refractivity contribution in [3.8, 4) is 0 Å². The van der Waals surface area contributed by atoms with E-state index in [9.17, 15) is 13.2 Å². The molecule has 1 aromatic rings. The van der Waals surface area contributed by atoms with Crippen molar-refractivity contribution < 1.29 is 18.3 Å². The van der Waals surface area contributed by atoms with Crippen molar-refractivity contribution in [3.63, 3.8) is 0 Å². The zero-order valence-electron chi connectivity index (χ0n) is 11.3. The molecule has 0 aliphatic carbocycles. The molecule has 0 aliphatic rings. The summed E-state index contributed by atoms with van der Waals surface area (Å²) in [7, 11) is 1.84. The highest BCUT2D eigenvalue weighted by Crippen LogP contribution is 2.37. The maximum atomic E-state index is 12.3.